The second kappa shape index (κ2) is 6.52. The molecule has 98 valence electrons. The molecule has 1 heterocycles. The molecule has 0 spiro atoms. The van der Waals surface area contributed by atoms with Gasteiger partial charge >= 0.3 is 0 Å². The Balaban J connectivity index is 1.86. The second-order valence-electron chi connectivity index (χ2n) is 3.93. The van der Waals surface area contributed by atoms with E-state index in [9.17, 15) is 5.11 Å². The lowest BCUT2D eigenvalue weighted by atomic mass is 10.2. The Hall–Kier alpha value is -2.39. The van der Waals surface area contributed by atoms with Crippen molar-refractivity contribution in [2.75, 3.05) is 0 Å². The molecule has 1 atom stereocenters. The van der Waals surface area contributed by atoms with Gasteiger partial charge < -0.3 is 14.4 Å². The van der Waals surface area contributed by atoms with Crippen LogP contribution in [0.3, 0.4) is 0 Å². The maximum atomic E-state index is 9.44. The SMILES string of the molecule is N#CCC(O)Cc1nc(COc2ccccc2)no1. The molecule has 0 aliphatic rings. The Bertz CT molecular complexity index is 548. The lowest BCUT2D eigenvalue weighted by molar-refractivity contribution is 0.166. The predicted molar refractivity (Wildman–Crippen MR) is 65.0 cm³/mol. The topological polar surface area (TPSA) is 92.2 Å². The van der Waals surface area contributed by atoms with Gasteiger partial charge in [0, 0.05) is 0 Å². The molecule has 2 aromatic rings. The molecule has 1 N–H and O–H groups in total. The van der Waals surface area contributed by atoms with Crippen molar-refractivity contribution in [1.29, 1.82) is 5.26 Å². The molecule has 6 heteroatoms. The number of benzene rings is 1. The summed E-state index contributed by atoms with van der Waals surface area (Å²) < 4.78 is 10.4. The summed E-state index contributed by atoms with van der Waals surface area (Å²) in [5, 5.41) is 21.6. The third kappa shape index (κ3) is 4.08. The number of aromatic nitrogens is 2. The van der Waals surface area contributed by atoms with Crippen molar-refractivity contribution in [2.24, 2.45) is 0 Å². The van der Waals surface area contributed by atoms with Gasteiger partial charge in [0.05, 0.1) is 25.0 Å². The Morgan fingerprint density at radius 1 is 1.37 bits per heavy atom. The van der Waals surface area contributed by atoms with Crippen molar-refractivity contribution < 1.29 is 14.4 Å². The number of nitrogens with zero attached hydrogens (tertiary/aromatic N) is 3. The highest BCUT2D eigenvalue weighted by Crippen LogP contribution is 2.11. The summed E-state index contributed by atoms with van der Waals surface area (Å²) in [5.74, 6) is 1.43. The third-order valence-corrected chi connectivity index (χ3v) is 2.36. The molecule has 1 unspecified atom stereocenters. The minimum absolute atomic E-state index is 0.0399. The summed E-state index contributed by atoms with van der Waals surface area (Å²) in [4.78, 5) is 4.08. The van der Waals surface area contributed by atoms with Gasteiger partial charge in [-0.25, -0.2) is 0 Å². The van der Waals surface area contributed by atoms with E-state index in [1.165, 1.54) is 0 Å². The van der Waals surface area contributed by atoms with E-state index < -0.39 is 6.10 Å². The average Bonchev–Trinajstić information content (AvgIpc) is 2.85. The molecule has 0 aliphatic heterocycles. The first kappa shape index (κ1) is 13.1. The highest BCUT2D eigenvalue weighted by Gasteiger charge is 2.12. The van der Waals surface area contributed by atoms with Crippen molar-refractivity contribution in [1.82, 2.24) is 10.1 Å². The van der Waals surface area contributed by atoms with Gasteiger partial charge in [0.25, 0.3) is 0 Å². The van der Waals surface area contributed by atoms with Crippen molar-refractivity contribution >= 4 is 0 Å². The number of hydrogen-bond acceptors (Lipinski definition) is 6. The van der Waals surface area contributed by atoms with Crippen LogP contribution in [0.25, 0.3) is 0 Å². The van der Waals surface area contributed by atoms with Crippen LogP contribution in [-0.2, 0) is 13.0 Å². The Kier molecular flexibility index (Phi) is 4.48. The van der Waals surface area contributed by atoms with Crippen molar-refractivity contribution in [3.63, 3.8) is 0 Å². The first-order chi connectivity index (χ1) is 9.28. The third-order valence-electron chi connectivity index (χ3n) is 2.36. The van der Waals surface area contributed by atoms with Crippen LogP contribution in [-0.4, -0.2) is 21.4 Å². The molecule has 1 aromatic carbocycles. The van der Waals surface area contributed by atoms with E-state index in [4.69, 9.17) is 14.5 Å². The van der Waals surface area contributed by atoms with Gasteiger partial charge in [-0.15, -0.1) is 0 Å². The molecule has 0 saturated heterocycles. The van der Waals surface area contributed by atoms with Crippen LogP contribution in [0, 0.1) is 11.3 Å². The van der Waals surface area contributed by atoms with Gasteiger partial charge in [0.1, 0.15) is 5.75 Å². The maximum absolute atomic E-state index is 9.44. The molecule has 1 aromatic heterocycles. The zero-order valence-corrected chi connectivity index (χ0v) is 10.2. The standard InChI is InChI=1S/C13H13N3O3/c14-7-6-10(17)8-13-15-12(16-19-13)9-18-11-4-2-1-3-5-11/h1-5,10,17H,6,8-9H2. The fraction of sp³-hybridized carbons (Fsp3) is 0.308. The summed E-state index contributed by atoms with van der Waals surface area (Å²) >= 11 is 0. The summed E-state index contributed by atoms with van der Waals surface area (Å²) in [6.45, 7) is 0.196. The lowest BCUT2D eigenvalue weighted by Gasteiger charge is -2.01. The van der Waals surface area contributed by atoms with Crippen molar-refractivity contribution in [3.05, 3.63) is 42.0 Å². The van der Waals surface area contributed by atoms with E-state index >= 15 is 0 Å². The van der Waals surface area contributed by atoms with Crippen molar-refractivity contribution in [2.45, 2.75) is 25.6 Å². The Labute approximate surface area is 110 Å². The quantitative estimate of drug-likeness (QED) is 0.844. The summed E-state index contributed by atoms with van der Waals surface area (Å²) in [5.41, 5.74) is 0. The van der Waals surface area contributed by atoms with Crippen LogP contribution in [0.15, 0.2) is 34.9 Å². The number of ether oxygens (including phenoxy) is 1. The van der Waals surface area contributed by atoms with Gasteiger partial charge in [-0.2, -0.15) is 10.2 Å². The van der Waals surface area contributed by atoms with Crippen LogP contribution in [0.1, 0.15) is 18.1 Å². The maximum Gasteiger partial charge on any atom is 0.229 e. The van der Waals surface area contributed by atoms with Crippen LogP contribution < -0.4 is 4.74 Å². The summed E-state index contributed by atoms with van der Waals surface area (Å²) in [6, 6.07) is 11.2. The number of para-hydroxylation sites is 1. The first-order valence-electron chi connectivity index (χ1n) is 5.82. The molecule has 6 nitrogen and oxygen atoms in total. The number of aliphatic hydroxyl groups is 1. The fourth-order valence-corrected chi connectivity index (χ4v) is 1.48. The molecular formula is C13H13N3O3. The van der Waals surface area contributed by atoms with Gasteiger partial charge in [0.15, 0.2) is 6.61 Å². The number of aliphatic hydroxyl groups excluding tert-OH is 1. The van der Waals surface area contributed by atoms with E-state index in [1.807, 2.05) is 36.4 Å². The van der Waals surface area contributed by atoms with E-state index in [2.05, 4.69) is 10.1 Å². The summed E-state index contributed by atoms with van der Waals surface area (Å²) in [7, 11) is 0. The van der Waals surface area contributed by atoms with Crippen LogP contribution in [0.5, 0.6) is 5.75 Å². The van der Waals surface area contributed by atoms with Crippen LogP contribution in [0.2, 0.25) is 0 Å². The van der Waals surface area contributed by atoms with Gasteiger partial charge in [0.2, 0.25) is 11.7 Å². The zero-order chi connectivity index (χ0) is 13.5. The lowest BCUT2D eigenvalue weighted by Crippen LogP contribution is -2.09. The molecule has 0 saturated carbocycles. The second-order valence-corrected chi connectivity index (χ2v) is 3.93. The van der Waals surface area contributed by atoms with E-state index in [0.29, 0.717) is 11.7 Å². The highest BCUT2D eigenvalue weighted by atomic mass is 16.5. The van der Waals surface area contributed by atoms with Crippen LogP contribution >= 0.6 is 0 Å². The van der Waals surface area contributed by atoms with Gasteiger partial charge in [-0.1, -0.05) is 23.4 Å². The Morgan fingerprint density at radius 2 is 2.16 bits per heavy atom. The fourth-order valence-electron chi connectivity index (χ4n) is 1.48. The molecule has 2 rings (SSSR count). The minimum Gasteiger partial charge on any atom is -0.485 e. The smallest absolute Gasteiger partial charge is 0.229 e. The number of nitriles is 1. The first-order valence-corrected chi connectivity index (χ1v) is 5.82. The Morgan fingerprint density at radius 3 is 2.89 bits per heavy atom. The number of hydrogen-bond donors (Lipinski definition) is 1. The number of rotatable bonds is 6. The molecule has 19 heavy (non-hydrogen) atoms. The molecule has 0 amide bonds. The van der Waals surface area contributed by atoms with E-state index in [1.54, 1.807) is 0 Å². The molecule has 0 radical (unpaired) electrons. The van der Waals surface area contributed by atoms with Gasteiger partial charge in [-0.05, 0) is 12.1 Å². The molecule has 0 aliphatic carbocycles. The van der Waals surface area contributed by atoms with Crippen LogP contribution in [0.4, 0.5) is 0 Å². The zero-order valence-electron chi connectivity index (χ0n) is 10.2. The monoisotopic (exact) mass is 259 g/mol. The normalized spacial score (nSPS) is 11.8. The van der Waals surface area contributed by atoms with Crippen molar-refractivity contribution in [3.8, 4) is 11.8 Å². The molecular weight excluding hydrogens is 246 g/mol. The largest absolute Gasteiger partial charge is 0.485 e. The molecule has 0 bridgehead atoms. The minimum atomic E-state index is -0.784. The molecule has 0 fully saturated rings. The van der Waals surface area contributed by atoms with E-state index in [0.717, 1.165) is 5.75 Å². The predicted octanol–water partition coefficient (Wildman–Crippen LogP) is 1.47. The van der Waals surface area contributed by atoms with E-state index in [-0.39, 0.29) is 19.4 Å². The summed E-state index contributed by atoms with van der Waals surface area (Å²) in [6.07, 6.45) is -0.572. The average molecular weight is 259 g/mol. The van der Waals surface area contributed by atoms with Gasteiger partial charge in [-0.3, -0.25) is 0 Å². The highest BCUT2D eigenvalue weighted by molar-refractivity contribution is 5.20.